The lowest BCUT2D eigenvalue weighted by atomic mass is 9.89. The number of carbonyl (C=O) groups is 1. The molecule has 0 spiro atoms. The van der Waals surface area contributed by atoms with Crippen LogP contribution in [-0.2, 0) is 0 Å². The van der Waals surface area contributed by atoms with Gasteiger partial charge in [-0.15, -0.1) is 0 Å². The molecular weight excluding hydrogens is 308 g/mol. The number of ether oxygens (including phenoxy) is 1. The molecule has 0 bridgehead atoms. The van der Waals surface area contributed by atoms with Crippen molar-refractivity contribution in [3.8, 4) is 5.95 Å². The Morgan fingerprint density at radius 2 is 2.17 bits per heavy atom. The lowest BCUT2D eigenvalue weighted by Crippen LogP contribution is -2.39. The van der Waals surface area contributed by atoms with Gasteiger partial charge in [0, 0.05) is 25.4 Å². The average Bonchev–Trinajstić information content (AvgIpc) is 3.10. The summed E-state index contributed by atoms with van der Waals surface area (Å²) in [5, 5.41) is 10.4. The van der Waals surface area contributed by atoms with Crippen LogP contribution in [0.2, 0.25) is 0 Å². The third-order valence-corrected chi connectivity index (χ3v) is 4.34. The van der Waals surface area contributed by atoms with Gasteiger partial charge in [0.05, 0.1) is 18.4 Å². The Bertz CT molecular complexity index is 663. The topological polar surface area (TPSA) is 75.8 Å². The van der Waals surface area contributed by atoms with Crippen molar-refractivity contribution in [2.45, 2.75) is 25.9 Å². The predicted molar refractivity (Wildman–Crippen MR) is 87.7 cm³/mol. The van der Waals surface area contributed by atoms with Crippen LogP contribution in [0.1, 0.15) is 42.1 Å². The zero-order chi connectivity index (χ0) is 16.9. The minimum Gasteiger partial charge on any atom is -0.465 e. The Hall–Kier alpha value is -2.34. The van der Waals surface area contributed by atoms with Crippen LogP contribution in [0.25, 0.3) is 0 Å². The highest BCUT2D eigenvalue weighted by molar-refractivity contribution is 5.91. The molecule has 0 saturated carbocycles. The van der Waals surface area contributed by atoms with E-state index in [1.807, 2.05) is 25.1 Å². The molecule has 1 atom stereocenters. The van der Waals surface area contributed by atoms with E-state index >= 15 is 0 Å². The van der Waals surface area contributed by atoms with E-state index in [4.69, 9.17) is 9.15 Å². The number of hydrogen-bond acceptors (Lipinski definition) is 5. The predicted octanol–water partition coefficient (Wildman–Crippen LogP) is 2.66. The molecule has 1 N–H and O–H groups in total. The van der Waals surface area contributed by atoms with E-state index in [1.54, 1.807) is 23.2 Å². The molecule has 3 heterocycles. The second-order valence-electron chi connectivity index (χ2n) is 5.88. The van der Waals surface area contributed by atoms with Gasteiger partial charge in [-0.3, -0.25) is 9.78 Å². The van der Waals surface area contributed by atoms with Crippen molar-refractivity contribution in [3.63, 3.8) is 0 Å². The number of rotatable bonds is 5. The molecule has 1 aliphatic heterocycles. The maximum Gasteiger partial charge on any atom is 0.289 e. The Labute approximate surface area is 141 Å². The van der Waals surface area contributed by atoms with Crippen molar-refractivity contribution >= 4 is 5.91 Å². The number of amides is 1. The normalized spacial score (nSPS) is 16.8. The molecule has 24 heavy (non-hydrogen) atoms. The lowest BCUT2D eigenvalue weighted by molar-refractivity contribution is 0.0425. The van der Waals surface area contributed by atoms with Crippen LogP contribution in [0, 0.1) is 5.92 Å². The van der Waals surface area contributed by atoms with E-state index < -0.39 is 6.10 Å². The maximum atomic E-state index is 12.5. The van der Waals surface area contributed by atoms with Crippen LogP contribution < -0.4 is 4.74 Å². The SMILES string of the molecule is CCOc1ccc(C(=O)N2CCC([C@@H](O)c3ccccn3)CC2)o1. The molecule has 1 amide bonds. The van der Waals surface area contributed by atoms with Crippen LogP contribution in [0.4, 0.5) is 0 Å². The van der Waals surface area contributed by atoms with Crippen molar-refractivity contribution in [3.05, 3.63) is 48.0 Å². The van der Waals surface area contributed by atoms with Crippen molar-refractivity contribution in [2.75, 3.05) is 19.7 Å². The molecule has 0 radical (unpaired) electrons. The lowest BCUT2D eigenvalue weighted by Gasteiger charge is -2.33. The number of aliphatic hydroxyl groups excluding tert-OH is 1. The fraction of sp³-hybridized carbons (Fsp3) is 0.444. The van der Waals surface area contributed by atoms with E-state index in [-0.39, 0.29) is 11.8 Å². The summed E-state index contributed by atoms with van der Waals surface area (Å²) in [6.07, 6.45) is 2.58. The zero-order valence-electron chi connectivity index (χ0n) is 13.7. The third kappa shape index (κ3) is 3.59. The number of piperidine rings is 1. The second kappa shape index (κ2) is 7.49. The van der Waals surface area contributed by atoms with Gasteiger partial charge >= 0.3 is 0 Å². The molecule has 3 rings (SSSR count). The minimum atomic E-state index is -0.586. The standard InChI is InChI=1S/C18H22N2O4/c1-2-23-16-7-6-15(24-16)18(22)20-11-8-13(9-12-20)17(21)14-5-3-4-10-19-14/h3-7,10,13,17,21H,2,8-9,11-12H2,1H3/t17-/m1/s1. The molecule has 2 aromatic heterocycles. The van der Waals surface area contributed by atoms with Gasteiger partial charge in [0.1, 0.15) is 0 Å². The first kappa shape index (κ1) is 16.5. The van der Waals surface area contributed by atoms with Gasteiger partial charge in [0.15, 0.2) is 5.76 Å². The van der Waals surface area contributed by atoms with Crippen LogP contribution in [-0.4, -0.2) is 40.6 Å². The van der Waals surface area contributed by atoms with Crippen LogP contribution in [0.3, 0.4) is 0 Å². The van der Waals surface area contributed by atoms with Gasteiger partial charge in [-0.05, 0) is 43.9 Å². The molecule has 6 nitrogen and oxygen atoms in total. The summed E-state index contributed by atoms with van der Waals surface area (Å²) in [4.78, 5) is 18.4. The van der Waals surface area contributed by atoms with Crippen molar-refractivity contribution in [1.29, 1.82) is 0 Å². The first-order chi connectivity index (χ1) is 11.7. The van der Waals surface area contributed by atoms with Gasteiger partial charge in [0.2, 0.25) is 0 Å². The molecule has 6 heteroatoms. The molecule has 1 fully saturated rings. The Kier molecular flexibility index (Phi) is 5.15. The maximum absolute atomic E-state index is 12.5. The Morgan fingerprint density at radius 1 is 1.38 bits per heavy atom. The number of aliphatic hydroxyl groups is 1. The summed E-state index contributed by atoms with van der Waals surface area (Å²) in [5.74, 6) is 0.634. The first-order valence-electron chi connectivity index (χ1n) is 8.30. The highest BCUT2D eigenvalue weighted by Gasteiger charge is 2.30. The summed E-state index contributed by atoms with van der Waals surface area (Å²) in [6.45, 7) is 3.55. The van der Waals surface area contributed by atoms with Gasteiger partial charge in [-0.25, -0.2) is 0 Å². The van der Waals surface area contributed by atoms with E-state index in [0.717, 1.165) is 12.8 Å². The summed E-state index contributed by atoms with van der Waals surface area (Å²) in [7, 11) is 0. The fourth-order valence-electron chi connectivity index (χ4n) is 3.02. The molecule has 0 aliphatic carbocycles. The number of furan rings is 1. The summed E-state index contributed by atoms with van der Waals surface area (Å²) in [5.41, 5.74) is 0.690. The molecular formula is C18H22N2O4. The number of likely N-dealkylation sites (tertiary alicyclic amines) is 1. The molecule has 1 aliphatic rings. The molecule has 128 valence electrons. The van der Waals surface area contributed by atoms with E-state index in [9.17, 15) is 9.90 Å². The number of nitrogens with zero attached hydrogens (tertiary/aromatic N) is 2. The van der Waals surface area contributed by atoms with Crippen molar-refractivity contribution in [1.82, 2.24) is 9.88 Å². The van der Waals surface area contributed by atoms with Gasteiger partial charge < -0.3 is 19.2 Å². The highest BCUT2D eigenvalue weighted by Crippen LogP contribution is 2.30. The number of pyridine rings is 1. The van der Waals surface area contributed by atoms with Crippen LogP contribution in [0.15, 0.2) is 40.9 Å². The minimum absolute atomic E-state index is 0.111. The third-order valence-electron chi connectivity index (χ3n) is 4.34. The van der Waals surface area contributed by atoms with Crippen molar-refractivity contribution < 1.29 is 19.1 Å². The number of carbonyl (C=O) groups excluding carboxylic acids is 1. The smallest absolute Gasteiger partial charge is 0.289 e. The highest BCUT2D eigenvalue weighted by atomic mass is 16.6. The van der Waals surface area contributed by atoms with Gasteiger partial charge in [-0.2, -0.15) is 0 Å². The fourth-order valence-corrected chi connectivity index (χ4v) is 3.02. The molecule has 2 aromatic rings. The van der Waals surface area contributed by atoms with E-state index in [2.05, 4.69) is 4.98 Å². The van der Waals surface area contributed by atoms with Crippen LogP contribution in [0.5, 0.6) is 5.95 Å². The van der Waals surface area contributed by atoms with Crippen LogP contribution >= 0.6 is 0 Å². The summed E-state index contributed by atoms with van der Waals surface area (Å²) < 4.78 is 10.7. The Morgan fingerprint density at radius 3 is 2.83 bits per heavy atom. The summed E-state index contributed by atoms with van der Waals surface area (Å²) in [6, 6.07) is 8.84. The zero-order valence-corrected chi connectivity index (χ0v) is 13.7. The van der Waals surface area contributed by atoms with Crippen molar-refractivity contribution in [2.24, 2.45) is 5.92 Å². The largest absolute Gasteiger partial charge is 0.465 e. The summed E-state index contributed by atoms with van der Waals surface area (Å²) >= 11 is 0. The monoisotopic (exact) mass is 330 g/mol. The van der Waals surface area contributed by atoms with Gasteiger partial charge in [0.25, 0.3) is 11.9 Å². The molecule has 0 unspecified atom stereocenters. The van der Waals surface area contributed by atoms with E-state index in [0.29, 0.717) is 37.1 Å². The quantitative estimate of drug-likeness (QED) is 0.912. The van der Waals surface area contributed by atoms with E-state index in [1.165, 1.54) is 0 Å². The first-order valence-corrected chi connectivity index (χ1v) is 8.30. The second-order valence-corrected chi connectivity index (χ2v) is 5.88. The number of aromatic nitrogens is 1. The molecule has 1 saturated heterocycles. The average molecular weight is 330 g/mol. The Balaban J connectivity index is 1.57. The van der Waals surface area contributed by atoms with Gasteiger partial charge in [-0.1, -0.05) is 6.07 Å². The molecule has 0 aromatic carbocycles. The number of hydrogen-bond donors (Lipinski definition) is 1.